The second-order valence-electron chi connectivity index (χ2n) is 5.75. The third-order valence-electron chi connectivity index (χ3n) is 4.09. The number of nitriles is 1. The van der Waals surface area contributed by atoms with Crippen LogP contribution in [0.1, 0.15) is 22.5 Å². The quantitative estimate of drug-likeness (QED) is 0.546. The van der Waals surface area contributed by atoms with Gasteiger partial charge >= 0.3 is 0 Å². The third kappa shape index (κ3) is 3.52. The van der Waals surface area contributed by atoms with Crippen LogP contribution in [0.2, 0.25) is 15.1 Å². The van der Waals surface area contributed by atoms with E-state index in [1.807, 2.05) is 30.7 Å². The van der Waals surface area contributed by atoms with E-state index in [0.29, 0.717) is 27.2 Å². The summed E-state index contributed by atoms with van der Waals surface area (Å²) in [6.45, 7) is 4.47. The van der Waals surface area contributed by atoms with E-state index < -0.39 is 0 Å². The lowest BCUT2D eigenvalue weighted by atomic mass is 10.0. The number of hydrogen-bond donors (Lipinski definition) is 0. The fourth-order valence-corrected chi connectivity index (χ4v) is 3.45. The van der Waals surface area contributed by atoms with Gasteiger partial charge in [0.1, 0.15) is 6.07 Å². The molecule has 1 heterocycles. The summed E-state index contributed by atoms with van der Waals surface area (Å²) < 4.78 is 1.90. The molecule has 126 valence electrons. The maximum atomic E-state index is 9.03. The Morgan fingerprint density at radius 1 is 1.04 bits per heavy atom. The van der Waals surface area contributed by atoms with Crippen molar-refractivity contribution in [3.05, 3.63) is 74.0 Å². The maximum Gasteiger partial charge on any atom is 0.101 e. The van der Waals surface area contributed by atoms with E-state index in [-0.39, 0.29) is 0 Å². The highest BCUT2D eigenvalue weighted by Crippen LogP contribution is 2.31. The standard InChI is InChI=1S/C19H14Cl3N3/c1-11-19(13-3-4-14(9-23)18(22)8-13)12(2)25(24-11)10-15-7-16(20)5-6-17(15)21/h3-8H,10H2,1-2H3. The summed E-state index contributed by atoms with van der Waals surface area (Å²) in [4.78, 5) is 0. The monoisotopic (exact) mass is 389 g/mol. The lowest BCUT2D eigenvalue weighted by Gasteiger charge is -2.08. The topological polar surface area (TPSA) is 41.6 Å². The second-order valence-corrected chi connectivity index (χ2v) is 7.00. The molecule has 0 aliphatic heterocycles. The normalized spacial score (nSPS) is 10.7. The Hall–Kier alpha value is -1.99. The Morgan fingerprint density at radius 2 is 1.80 bits per heavy atom. The molecule has 2 aromatic carbocycles. The molecular formula is C19H14Cl3N3. The van der Waals surface area contributed by atoms with E-state index in [4.69, 9.17) is 40.1 Å². The predicted octanol–water partition coefficient (Wildman–Crippen LogP) is 6.05. The third-order valence-corrected chi connectivity index (χ3v) is 5.00. The van der Waals surface area contributed by atoms with Crippen molar-refractivity contribution in [1.82, 2.24) is 9.78 Å². The highest BCUT2D eigenvalue weighted by atomic mass is 35.5. The van der Waals surface area contributed by atoms with Crippen molar-refractivity contribution in [3.8, 4) is 17.2 Å². The Bertz CT molecular complexity index is 1000. The van der Waals surface area contributed by atoms with Gasteiger partial charge in [0.25, 0.3) is 0 Å². The molecule has 0 radical (unpaired) electrons. The highest BCUT2D eigenvalue weighted by molar-refractivity contribution is 6.33. The number of nitrogens with zero attached hydrogens (tertiary/aromatic N) is 3. The van der Waals surface area contributed by atoms with Gasteiger partial charge in [-0.15, -0.1) is 0 Å². The van der Waals surface area contributed by atoms with Crippen LogP contribution in [0.15, 0.2) is 36.4 Å². The first kappa shape index (κ1) is 17.8. The summed E-state index contributed by atoms with van der Waals surface area (Å²) in [6.07, 6.45) is 0. The zero-order valence-corrected chi connectivity index (χ0v) is 15.9. The molecule has 0 unspecified atom stereocenters. The number of aromatic nitrogens is 2. The molecule has 0 fully saturated rings. The number of hydrogen-bond acceptors (Lipinski definition) is 2. The van der Waals surface area contributed by atoms with Crippen LogP contribution >= 0.6 is 34.8 Å². The van der Waals surface area contributed by atoms with Crippen LogP contribution in [0, 0.1) is 25.2 Å². The Labute approximate surface area is 161 Å². The summed E-state index contributed by atoms with van der Waals surface area (Å²) in [6, 6.07) is 12.9. The smallest absolute Gasteiger partial charge is 0.101 e. The SMILES string of the molecule is Cc1nn(Cc2cc(Cl)ccc2Cl)c(C)c1-c1ccc(C#N)c(Cl)c1. The Morgan fingerprint density at radius 3 is 2.48 bits per heavy atom. The van der Waals surface area contributed by atoms with Crippen LogP contribution in [0.4, 0.5) is 0 Å². The van der Waals surface area contributed by atoms with Gasteiger partial charge in [-0.3, -0.25) is 4.68 Å². The van der Waals surface area contributed by atoms with Crippen molar-refractivity contribution in [2.45, 2.75) is 20.4 Å². The van der Waals surface area contributed by atoms with Crippen molar-refractivity contribution in [3.63, 3.8) is 0 Å². The minimum atomic E-state index is 0.435. The molecule has 0 N–H and O–H groups in total. The molecular weight excluding hydrogens is 377 g/mol. The number of benzene rings is 2. The van der Waals surface area contributed by atoms with E-state index in [1.165, 1.54) is 0 Å². The molecule has 3 nitrogen and oxygen atoms in total. The zero-order valence-electron chi connectivity index (χ0n) is 13.6. The van der Waals surface area contributed by atoms with Gasteiger partial charge in [-0.2, -0.15) is 10.4 Å². The molecule has 0 aliphatic rings. The van der Waals surface area contributed by atoms with Gasteiger partial charge < -0.3 is 0 Å². The molecule has 25 heavy (non-hydrogen) atoms. The Balaban J connectivity index is 2.03. The molecule has 6 heteroatoms. The fraction of sp³-hybridized carbons (Fsp3) is 0.158. The molecule has 3 rings (SSSR count). The van der Waals surface area contributed by atoms with Gasteiger partial charge in [0.05, 0.1) is 22.8 Å². The first-order valence-corrected chi connectivity index (χ1v) is 8.72. The van der Waals surface area contributed by atoms with Crippen LogP contribution in [-0.2, 0) is 6.54 Å². The van der Waals surface area contributed by atoms with Crippen LogP contribution < -0.4 is 0 Å². The average molecular weight is 391 g/mol. The lowest BCUT2D eigenvalue weighted by Crippen LogP contribution is -2.04. The molecule has 3 aromatic rings. The molecule has 0 saturated heterocycles. The molecule has 0 amide bonds. The van der Waals surface area contributed by atoms with Crippen molar-refractivity contribution in [1.29, 1.82) is 5.26 Å². The van der Waals surface area contributed by atoms with Crippen molar-refractivity contribution < 1.29 is 0 Å². The number of rotatable bonds is 3. The van der Waals surface area contributed by atoms with Crippen LogP contribution in [0.5, 0.6) is 0 Å². The van der Waals surface area contributed by atoms with E-state index in [2.05, 4.69) is 11.2 Å². The van der Waals surface area contributed by atoms with Gasteiger partial charge in [0, 0.05) is 21.3 Å². The zero-order chi connectivity index (χ0) is 18.1. The van der Waals surface area contributed by atoms with Gasteiger partial charge in [-0.25, -0.2) is 0 Å². The number of halogens is 3. The van der Waals surface area contributed by atoms with Crippen molar-refractivity contribution >= 4 is 34.8 Å². The van der Waals surface area contributed by atoms with E-state index in [0.717, 1.165) is 28.1 Å². The number of aryl methyl sites for hydroxylation is 1. The fourth-order valence-electron chi connectivity index (χ4n) is 2.86. The summed E-state index contributed by atoms with van der Waals surface area (Å²) in [5.74, 6) is 0. The van der Waals surface area contributed by atoms with Gasteiger partial charge in [0.15, 0.2) is 0 Å². The molecule has 0 saturated carbocycles. The molecule has 0 aliphatic carbocycles. The average Bonchev–Trinajstić information content (AvgIpc) is 2.85. The largest absolute Gasteiger partial charge is 0.264 e. The summed E-state index contributed by atoms with van der Waals surface area (Å²) in [5, 5.41) is 15.4. The summed E-state index contributed by atoms with van der Waals surface area (Å²) in [5.41, 5.74) is 5.18. The van der Waals surface area contributed by atoms with Crippen molar-refractivity contribution in [2.75, 3.05) is 0 Å². The molecule has 0 bridgehead atoms. The minimum Gasteiger partial charge on any atom is -0.264 e. The Kier molecular flexibility index (Phi) is 5.06. The maximum absolute atomic E-state index is 9.03. The molecule has 1 aromatic heterocycles. The summed E-state index contributed by atoms with van der Waals surface area (Å²) in [7, 11) is 0. The van der Waals surface area contributed by atoms with Gasteiger partial charge in [-0.05, 0) is 55.3 Å². The summed E-state index contributed by atoms with van der Waals surface area (Å²) >= 11 is 18.5. The van der Waals surface area contributed by atoms with Crippen LogP contribution in [-0.4, -0.2) is 9.78 Å². The van der Waals surface area contributed by atoms with E-state index in [1.54, 1.807) is 24.3 Å². The van der Waals surface area contributed by atoms with Gasteiger partial charge in [-0.1, -0.05) is 40.9 Å². The van der Waals surface area contributed by atoms with E-state index in [9.17, 15) is 0 Å². The minimum absolute atomic E-state index is 0.435. The molecule has 0 atom stereocenters. The first-order valence-electron chi connectivity index (χ1n) is 7.58. The first-order chi connectivity index (χ1) is 11.9. The van der Waals surface area contributed by atoms with Crippen LogP contribution in [0.25, 0.3) is 11.1 Å². The van der Waals surface area contributed by atoms with Crippen LogP contribution in [0.3, 0.4) is 0 Å². The lowest BCUT2D eigenvalue weighted by molar-refractivity contribution is 0.659. The highest BCUT2D eigenvalue weighted by Gasteiger charge is 2.16. The molecule has 0 spiro atoms. The van der Waals surface area contributed by atoms with Crippen molar-refractivity contribution in [2.24, 2.45) is 0 Å². The van der Waals surface area contributed by atoms with E-state index >= 15 is 0 Å². The predicted molar refractivity (Wildman–Crippen MR) is 102 cm³/mol. The van der Waals surface area contributed by atoms with Gasteiger partial charge in [0.2, 0.25) is 0 Å². The second kappa shape index (κ2) is 7.09.